The molecule has 4 rings (SSSR count). The lowest BCUT2D eigenvalue weighted by Crippen LogP contribution is -2.42. The lowest BCUT2D eigenvalue weighted by Gasteiger charge is -2.32. The van der Waals surface area contributed by atoms with Gasteiger partial charge in [0, 0.05) is 30.8 Å². The molecule has 1 aromatic heterocycles. The Hall–Kier alpha value is -3.78. The molecule has 1 aliphatic rings. The van der Waals surface area contributed by atoms with Crippen molar-refractivity contribution in [2.45, 2.75) is 50.2 Å². The van der Waals surface area contributed by atoms with Crippen LogP contribution in [-0.4, -0.2) is 53.4 Å². The summed E-state index contributed by atoms with van der Waals surface area (Å²) < 4.78 is 110. The number of anilines is 2. The Morgan fingerprint density at radius 2 is 1.53 bits per heavy atom. The van der Waals surface area contributed by atoms with E-state index in [1.54, 1.807) is 4.90 Å². The first kappa shape index (κ1) is 32.1. The minimum atomic E-state index is -5.14. The van der Waals surface area contributed by atoms with Crippen molar-refractivity contribution in [3.8, 4) is 11.1 Å². The van der Waals surface area contributed by atoms with Gasteiger partial charge in [0.15, 0.2) is 0 Å². The van der Waals surface area contributed by atoms with Crippen LogP contribution in [0.3, 0.4) is 0 Å². The number of aliphatic hydroxyl groups excluding tert-OH is 2. The van der Waals surface area contributed by atoms with Crippen molar-refractivity contribution in [2.75, 3.05) is 30.0 Å². The molecular weight excluding hydrogens is 590 g/mol. The van der Waals surface area contributed by atoms with E-state index in [0.717, 1.165) is 37.1 Å². The third-order valence-electron chi connectivity index (χ3n) is 7.50. The fraction of sp³-hybridized carbons (Fsp3) is 0.379. The zero-order valence-electron chi connectivity index (χ0n) is 23.1. The van der Waals surface area contributed by atoms with E-state index in [0.29, 0.717) is 18.2 Å². The summed E-state index contributed by atoms with van der Waals surface area (Å²) in [6, 6.07) is 4.36. The first-order valence-corrected chi connectivity index (χ1v) is 12.9. The number of carbonyl (C=O) groups excluding carboxylic acids is 1. The molecule has 0 spiro atoms. The maximum absolute atomic E-state index is 15.0. The maximum Gasteiger partial charge on any atom is 0.416 e. The van der Waals surface area contributed by atoms with Crippen LogP contribution in [0.25, 0.3) is 11.1 Å². The zero-order chi connectivity index (χ0) is 32.1. The number of benzene rings is 2. The van der Waals surface area contributed by atoms with Crippen molar-refractivity contribution in [3.63, 3.8) is 0 Å². The van der Waals surface area contributed by atoms with E-state index in [-0.39, 0.29) is 48.3 Å². The van der Waals surface area contributed by atoms with E-state index >= 15 is 4.39 Å². The molecule has 2 N–H and O–H groups in total. The van der Waals surface area contributed by atoms with Crippen LogP contribution in [0, 0.1) is 11.6 Å². The number of nitrogens with zero attached hydrogens (tertiary/aromatic N) is 3. The van der Waals surface area contributed by atoms with Crippen LogP contribution < -0.4 is 9.80 Å². The van der Waals surface area contributed by atoms with Crippen molar-refractivity contribution in [3.05, 3.63) is 77.0 Å². The summed E-state index contributed by atoms with van der Waals surface area (Å²) in [5, 5.41) is 19.9. The molecule has 0 unspecified atom stereocenters. The third kappa shape index (κ3) is 6.44. The summed E-state index contributed by atoms with van der Waals surface area (Å²) in [6.07, 6.45) is -9.71. The summed E-state index contributed by atoms with van der Waals surface area (Å²) in [5.74, 6) is -2.70. The van der Waals surface area contributed by atoms with Crippen LogP contribution in [0.1, 0.15) is 37.0 Å². The largest absolute Gasteiger partial charge is 0.416 e. The molecule has 3 aromatic rings. The molecule has 6 nitrogen and oxygen atoms in total. The number of carbonyl (C=O) groups is 1. The zero-order valence-corrected chi connectivity index (χ0v) is 23.1. The molecular formula is C29H27F8N3O3. The Labute approximate surface area is 241 Å². The van der Waals surface area contributed by atoms with Gasteiger partial charge in [-0.15, -0.1) is 0 Å². The van der Waals surface area contributed by atoms with Crippen LogP contribution in [0.5, 0.6) is 0 Å². The van der Waals surface area contributed by atoms with E-state index in [4.69, 9.17) is 0 Å². The van der Waals surface area contributed by atoms with E-state index in [1.807, 2.05) is 0 Å². The Kier molecular flexibility index (Phi) is 8.50. The van der Waals surface area contributed by atoms with Crippen molar-refractivity contribution in [1.29, 1.82) is 0 Å². The Bertz CT molecular complexity index is 1490. The average molecular weight is 618 g/mol. The van der Waals surface area contributed by atoms with Crippen LogP contribution in [0.2, 0.25) is 0 Å². The Morgan fingerprint density at radius 1 is 0.953 bits per heavy atom. The number of pyridine rings is 1. The SMILES string of the molecule is CN(C(=O)C(C)(C)c1cc(C(F)(F)F)cc(C(F)(F)F)c1)c1cnc(N2C[C@H](O)C[C@H]2CO)cc1-c1ccc(F)cc1F. The van der Waals surface area contributed by atoms with Crippen molar-refractivity contribution in [1.82, 2.24) is 4.98 Å². The van der Waals surface area contributed by atoms with Crippen LogP contribution >= 0.6 is 0 Å². The normalized spacial score (nSPS) is 17.8. The molecule has 232 valence electrons. The van der Waals surface area contributed by atoms with Crippen molar-refractivity contribution >= 4 is 17.4 Å². The molecule has 14 heteroatoms. The summed E-state index contributed by atoms with van der Waals surface area (Å²) >= 11 is 0. The first-order chi connectivity index (χ1) is 19.8. The number of aliphatic hydroxyl groups is 2. The highest BCUT2D eigenvalue weighted by atomic mass is 19.4. The molecule has 2 atom stereocenters. The van der Waals surface area contributed by atoms with Gasteiger partial charge in [-0.3, -0.25) is 4.79 Å². The molecule has 0 radical (unpaired) electrons. The standard InChI is InChI=1S/C29H27F8N3O3/c1-27(2,15-6-16(28(32,33)34)8-17(7-15)29(35,36)37)26(43)39(3)24-12-38-25(40-13-20(42)10-19(40)14-41)11-22(24)21-5-4-18(30)9-23(21)31/h4-9,11-12,19-20,41-42H,10,13-14H2,1-3H3/t19-,20+/m0/s1. The minimum absolute atomic E-state index is 0.00717. The van der Waals surface area contributed by atoms with Crippen LogP contribution in [0.15, 0.2) is 48.7 Å². The topological polar surface area (TPSA) is 76.9 Å². The summed E-state index contributed by atoms with van der Waals surface area (Å²) in [4.78, 5) is 20.6. The summed E-state index contributed by atoms with van der Waals surface area (Å²) in [7, 11) is 1.19. The Morgan fingerprint density at radius 3 is 2.07 bits per heavy atom. The third-order valence-corrected chi connectivity index (χ3v) is 7.50. The van der Waals surface area contributed by atoms with Gasteiger partial charge in [-0.2, -0.15) is 26.3 Å². The van der Waals surface area contributed by atoms with Gasteiger partial charge < -0.3 is 20.0 Å². The molecule has 0 aliphatic carbocycles. The molecule has 1 aliphatic heterocycles. The van der Waals surface area contributed by atoms with E-state index in [1.165, 1.54) is 13.1 Å². The van der Waals surface area contributed by atoms with E-state index in [2.05, 4.69) is 4.98 Å². The molecule has 0 bridgehead atoms. The highest BCUT2D eigenvalue weighted by molar-refractivity contribution is 6.03. The number of aromatic nitrogens is 1. The first-order valence-electron chi connectivity index (χ1n) is 12.9. The highest BCUT2D eigenvalue weighted by Crippen LogP contribution is 2.41. The van der Waals surface area contributed by atoms with E-state index < -0.39 is 64.1 Å². The van der Waals surface area contributed by atoms with Gasteiger partial charge in [0.2, 0.25) is 5.91 Å². The molecule has 43 heavy (non-hydrogen) atoms. The van der Waals surface area contributed by atoms with Gasteiger partial charge in [0.05, 0.1) is 47.2 Å². The highest BCUT2D eigenvalue weighted by Gasteiger charge is 2.41. The monoisotopic (exact) mass is 617 g/mol. The van der Waals surface area contributed by atoms with E-state index in [9.17, 15) is 45.7 Å². The lowest BCUT2D eigenvalue weighted by molar-refractivity contribution is -0.143. The second kappa shape index (κ2) is 11.4. The maximum atomic E-state index is 15.0. The van der Waals surface area contributed by atoms with Crippen LogP contribution in [-0.2, 0) is 22.6 Å². The number of β-amino-alcohol motifs (C(OH)–C–C–N with tert-alkyl or cyclic N) is 1. The molecule has 1 fully saturated rings. The average Bonchev–Trinajstić information content (AvgIpc) is 3.31. The van der Waals surface area contributed by atoms with Gasteiger partial charge in [-0.25, -0.2) is 13.8 Å². The predicted octanol–water partition coefficient (Wildman–Crippen LogP) is 5.94. The Balaban J connectivity index is 1.84. The number of hydrogen-bond acceptors (Lipinski definition) is 5. The molecule has 2 aromatic carbocycles. The quantitative estimate of drug-likeness (QED) is 0.335. The molecule has 2 heterocycles. The fourth-order valence-electron chi connectivity index (χ4n) is 5.10. The molecule has 1 saturated heterocycles. The van der Waals surface area contributed by atoms with Gasteiger partial charge in [0.1, 0.15) is 17.5 Å². The number of amides is 1. The second-order valence-electron chi connectivity index (χ2n) is 10.8. The lowest BCUT2D eigenvalue weighted by atomic mass is 9.81. The van der Waals surface area contributed by atoms with Gasteiger partial charge >= 0.3 is 12.4 Å². The van der Waals surface area contributed by atoms with Gasteiger partial charge in [0.25, 0.3) is 0 Å². The van der Waals surface area contributed by atoms with Crippen LogP contribution in [0.4, 0.5) is 46.6 Å². The number of hydrogen-bond donors (Lipinski definition) is 2. The van der Waals surface area contributed by atoms with Crippen molar-refractivity contribution < 1.29 is 50.1 Å². The summed E-state index contributed by atoms with van der Waals surface area (Å²) in [5.41, 5.74) is -5.99. The van der Waals surface area contributed by atoms with Crippen molar-refractivity contribution in [2.24, 2.45) is 0 Å². The number of likely N-dealkylation sites (N-methyl/N-ethyl adjacent to an activating group) is 1. The molecule has 1 amide bonds. The summed E-state index contributed by atoms with van der Waals surface area (Å²) in [6.45, 7) is 2.03. The number of halogens is 8. The predicted molar refractivity (Wildman–Crippen MR) is 141 cm³/mol. The fourth-order valence-corrected chi connectivity index (χ4v) is 5.10. The minimum Gasteiger partial charge on any atom is -0.394 e. The van der Waals surface area contributed by atoms with Gasteiger partial charge in [-0.05, 0) is 62.2 Å². The second-order valence-corrected chi connectivity index (χ2v) is 10.8. The number of alkyl halides is 6. The van der Waals surface area contributed by atoms with Gasteiger partial charge in [-0.1, -0.05) is 0 Å². The number of rotatable bonds is 6. The molecule has 0 saturated carbocycles. The smallest absolute Gasteiger partial charge is 0.394 e.